The van der Waals surface area contributed by atoms with Crippen LogP contribution in [0.1, 0.15) is 70.1 Å². The van der Waals surface area contributed by atoms with Crippen molar-refractivity contribution in [3.63, 3.8) is 0 Å². The van der Waals surface area contributed by atoms with Crippen molar-refractivity contribution in [2.45, 2.75) is 50.7 Å². The predicted molar refractivity (Wildman–Crippen MR) is 118 cm³/mol. The number of hydrogen-bond donors (Lipinski definition) is 2. The van der Waals surface area contributed by atoms with Gasteiger partial charge in [-0.05, 0) is 37.0 Å². The van der Waals surface area contributed by atoms with E-state index in [1.54, 1.807) is 18.2 Å². The molecule has 10 nitrogen and oxygen atoms in total. The maximum Gasteiger partial charge on any atom is 0.282 e. The van der Waals surface area contributed by atoms with E-state index in [-0.39, 0.29) is 41.4 Å². The molecule has 0 saturated carbocycles. The summed E-state index contributed by atoms with van der Waals surface area (Å²) in [5.74, 6) is -2.15. The van der Waals surface area contributed by atoms with E-state index in [0.29, 0.717) is 32.5 Å². The molecular weight excluding hydrogens is 462 g/mol. The molecule has 4 amide bonds. The van der Waals surface area contributed by atoms with E-state index in [9.17, 15) is 28.0 Å². The second-order valence-corrected chi connectivity index (χ2v) is 9.06. The van der Waals surface area contributed by atoms with Gasteiger partial charge < -0.3 is 5.73 Å². The molecule has 0 spiro atoms. The molecule has 0 radical (unpaired) electrons. The lowest BCUT2D eigenvalue weighted by Crippen LogP contribution is -2.54. The molecule has 184 valence electrons. The molecule has 3 N–H and O–H groups in total. The van der Waals surface area contributed by atoms with Gasteiger partial charge in [-0.25, -0.2) is 8.78 Å². The van der Waals surface area contributed by atoms with Crippen molar-refractivity contribution in [1.82, 2.24) is 24.9 Å². The Kier molecular flexibility index (Phi) is 5.83. The molecule has 1 aromatic heterocycles. The Balaban J connectivity index is 1.25. The minimum Gasteiger partial charge on any atom is -0.396 e. The number of amides is 4. The molecule has 35 heavy (non-hydrogen) atoms. The fourth-order valence-corrected chi connectivity index (χ4v) is 5.10. The fourth-order valence-electron chi connectivity index (χ4n) is 5.10. The van der Waals surface area contributed by atoms with Gasteiger partial charge in [0.2, 0.25) is 11.8 Å². The van der Waals surface area contributed by atoms with Crippen LogP contribution in [0.2, 0.25) is 0 Å². The molecule has 1 aromatic carbocycles. The van der Waals surface area contributed by atoms with Gasteiger partial charge in [0.15, 0.2) is 0 Å². The van der Waals surface area contributed by atoms with Crippen LogP contribution in [0, 0.1) is 0 Å². The van der Waals surface area contributed by atoms with Crippen LogP contribution in [0.4, 0.5) is 14.5 Å². The van der Waals surface area contributed by atoms with Gasteiger partial charge in [0.25, 0.3) is 18.2 Å². The molecule has 2 saturated heterocycles. The normalized spacial score (nSPS) is 21.7. The molecule has 1 atom stereocenters. The van der Waals surface area contributed by atoms with Crippen LogP contribution in [-0.4, -0.2) is 62.3 Å². The Morgan fingerprint density at radius 2 is 1.77 bits per heavy atom. The van der Waals surface area contributed by atoms with Gasteiger partial charge in [0.05, 0.1) is 29.1 Å². The molecule has 3 aliphatic heterocycles. The highest BCUT2D eigenvalue weighted by atomic mass is 19.3. The van der Waals surface area contributed by atoms with Gasteiger partial charge in [0.1, 0.15) is 11.7 Å². The Bertz CT molecular complexity index is 1220. The lowest BCUT2D eigenvalue weighted by atomic mass is 10.0. The Morgan fingerprint density at radius 1 is 1.06 bits per heavy atom. The standard InChI is InChI=1S/C23H24F2N6O4/c24-20(25)19-16(26)10-27-31(19)13-5-7-29(8-6-13)11-12-1-2-14-15(9-12)23(35)30(22(14)34)17-3-4-18(32)28-21(17)33/h1-2,9-10,13,17,20H,3-8,11,26H2,(H,28,32,33). The maximum atomic E-state index is 13.4. The number of fused-ring (bicyclic) bond motifs is 1. The summed E-state index contributed by atoms with van der Waals surface area (Å²) in [6.07, 6.45) is -0.0301. The number of halogens is 2. The average molecular weight is 486 g/mol. The molecule has 0 aliphatic carbocycles. The number of nitrogens with two attached hydrogens (primary N) is 1. The number of likely N-dealkylation sites (tertiary alicyclic amines) is 1. The quantitative estimate of drug-likeness (QED) is 0.615. The third-order valence-electron chi connectivity index (χ3n) is 6.88. The number of anilines is 1. The smallest absolute Gasteiger partial charge is 0.282 e. The van der Waals surface area contributed by atoms with Crippen molar-refractivity contribution >= 4 is 29.3 Å². The van der Waals surface area contributed by atoms with Crippen molar-refractivity contribution in [1.29, 1.82) is 0 Å². The zero-order chi connectivity index (χ0) is 24.9. The van der Waals surface area contributed by atoms with Crippen molar-refractivity contribution < 1.29 is 28.0 Å². The highest BCUT2D eigenvalue weighted by Crippen LogP contribution is 2.32. The minimum absolute atomic E-state index is 0.00821. The number of rotatable bonds is 5. The van der Waals surface area contributed by atoms with Gasteiger partial charge in [-0.1, -0.05) is 6.07 Å². The zero-order valence-corrected chi connectivity index (χ0v) is 18.7. The van der Waals surface area contributed by atoms with Crippen LogP contribution in [0.15, 0.2) is 24.4 Å². The number of hydrogen-bond acceptors (Lipinski definition) is 7. The number of piperidine rings is 2. The number of carbonyl (C=O) groups is 4. The molecule has 2 aromatic rings. The summed E-state index contributed by atoms with van der Waals surface area (Å²) in [5.41, 5.74) is 6.69. The van der Waals surface area contributed by atoms with Crippen LogP contribution >= 0.6 is 0 Å². The number of aromatic nitrogens is 2. The number of alkyl halides is 2. The third kappa shape index (κ3) is 4.07. The number of imide groups is 2. The molecule has 0 bridgehead atoms. The van der Waals surface area contributed by atoms with E-state index in [2.05, 4.69) is 15.3 Å². The summed E-state index contributed by atoms with van der Waals surface area (Å²) >= 11 is 0. The van der Waals surface area contributed by atoms with Crippen LogP contribution in [0.3, 0.4) is 0 Å². The van der Waals surface area contributed by atoms with E-state index >= 15 is 0 Å². The van der Waals surface area contributed by atoms with Gasteiger partial charge in [-0.3, -0.25) is 39.0 Å². The largest absolute Gasteiger partial charge is 0.396 e. The van der Waals surface area contributed by atoms with Crippen LogP contribution < -0.4 is 11.1 Å². The zero-order valence-electron chi connectivity index (χ0n) is 18.7. The van der Waals surface area contributed by atoms with Gasteiger partial charge >= 0.3 is 0 Å². The molecular formula is C23H24F2N6O4. The predicted octanol–water partition coefficient (Wildman–Crippen LogP) is 1.64. The highest BCUT2D eigenvalue weighted by molar-refractivity contribution is 6.23. The SMILES string of the molecule is Nc1cnn(C2CCN(Cc3ccc4c(c3)C(=O)N(C3CCC(=O)NC3=O)C4=O)CC2)c1C(F)F. The number of carbonyl (C=O) groups excluding carboxylic acids is 4. The summed E-state index contributed by atoms with van der Waals surface area (Å²) in [6.45, 7) is 1.79. The lowest BCUT2D eigenvalue weighted by molar-refractivity contribution is -0.136. The monoisotopic (exact) mass is 486 g/mol. The lowest BCUT2D eigenvalue weighted by Gasteiger charge is -2.32. The first-order valence-electron chi connectivity index (χ1n) is 11.4. The summed E-state index contributed by atoms with van der Waals surface area (Å²) in [7, 11) is 0. The van der Waals surface area contributed by atoms with Crippen molar-refractivity contribution in [2.24, 2.45) is 0 Å². The molecule has 3 aliphatic rings. The molecule has 4 heterocycles. The van der Waals surface area contributed by atoms with Gasteiger partial charge in [-0.2, -0.15) is 5.10 Å². The minimum atomic E-state index is -2.69. The number of nitrogens with one attached hydrogen (secondary N) is 1. The molecule has 5 rings (SSSR count). The first-order chi connectivity index (χ1) is 16.7. The molecule has 2 fully saturated rings. The Hall–Kier alpha value is -3.67. The van der Waals surface area contributed by atoms with Gasteiger partial charge in [-0.15, -0.1) is 0 Å². The van der Waals surface area contributed by atoms with Gasteiger partial charge in [0, 0.05) is 26.1 Å². The number of benzene rings is 1. The highest BCUT2D eigenvalue weighted by Gasteiger charge is 2.44. The second kappa shape index (κ2) is 8.84. The first-order valence-corrected chi connectivity index (χ1v) is 11.4. The van der Waals surface area contributed by atoms with Crippen molar-refractivity contribution in [2.75, 3.05) is 18.8 Å². The summed E-state index contributed by atoms with van der Waals surface area (Å²) in [6, 6.07) is 3.85. The third-order valence-corrected chi connectivity index (χ3v) is 6.88. The number of nitrogens with zero attached hydrogens (tertiary/aromatic N) is 4. The van der Waals surface area contributed by atoms with E-state index < -0.39 is 36.1 Å². The molecule has 1 unspecified atom stereocenters. The van der Waals surface area contributed by atoms with E-state index in [1.807, 2.05) is 0 Å². The number of nitrogen functional groups attached to an aromatic ring is 1. The second-order valence-electron chi connectivity index (χ2n) is 9.06. The van der Waals surface area contributed by atoms with Crippen molar-refractivity contribution in [3.05, 3.63) is 46.8 Å². The summed E-state index contributed by atoms with van der Waals surface area (Å²) in [5, 5.41) is 6.23. The topological polar surface area (TPSA) is 131 Å². The summed E-state index contributed by atoms with van der Waals surface area (Å²) in [4.78, 5) is 52.6. The average Bonchev–Trinajstić information content (AvgIpc) is 3.32. The first kappa shape index (κ1) is 23.1. The Morgan fingerprint density at radius 3 is 2.46 bits per heavy atom. The molecule has 12 heteroatoms. The van der Waals surface area contributed by atoms with Crippen LogP contribution in [-0.2, 0) is 16.1 Å². The van der Waals surface area contributed by atoms with Crippen LogP contribution in [0.25, 0.3) is 0 Å². The van der Waals surface area contributed by atoms with Crippen LogP contribution in [0.5, 0.6) is 0 Å². The fraction of sp³-hybridized carbons (Fsp3) is 0.435. The van der Waals surface area contributed by atoms with E-state index in [4.69, 9.17) is 5.73 Å². The summed E-state index contributed by atoms with van der Waals surface area (Å²) < 4.78 is 28.0. The Labute approximate surface area is 199 Å². The van der Waals surface area contributed by atoms with E-state index in [0.717, 1.165) is 10.5 Å². The van der Waals surface area contributed by atoms with E-state index in [1.165, 1.54) is 10.9 Å². The maximum absolute atomic E-state index is 13.4. The van der Waals surface area contributed by atoms with Crippen molar-refractivity contribution in [3.8, 4) is 0 Å².